The molecule has 3 rings (SSSR count). The van der Waals surface area contributed by atoms with Crippen LogP contribution in [0.25, 0.3) is 0 Å². The van der Waals surface area contributed by atoms with Crippen LogP contribution in [0.1, 0.15) is 11.1 Å². The Morgan fingerprint density at radius 1 is 1.61 bits per heavy atom. The summed E-state index contributed by atoms with van der Waals surface area (Å²) in [6.45, 7) is 3.95. The molecule has 162 valence electrons. The van der Waals surface area contributed by atoms with Crippen LogP contribution in [-0.2, 0) is 15.0 Å². The fourth-order valence-electron chi connectivity index (χ4n) is 3.66. The first-order valence-corrected chi connectivity index (χ1v) is 10.3. The Morgan fingerprint density at radius 2 is 2.42 bits per heavy atom. The summed E-state index contributed by atoms with van der Waals surface area (Å²) < 4.78 is 25.2. The largest absolute Gasteiger partial charge is 0.463 e. The lowest BCUT2D eigenvalue weighted by Gasteiger charge is -2.34. The number of amides is 1. The van der Waals surface area contributed by atoms with Crippen molar-refractivity contribution >= 4 is 36.0 Å². The van der Waals surface area contributed by atoms with E-state index in [-0.39, 0.29) is 25.0 Å². The molecule has 0 aliphatic carbocycles. The molecular weight excluding hydrogens is 421 g/mol. The number of nitrogens with two attached hydrogens (primary N) is 1. The smallest absolute Gasteiger partial charge is 0.409 e. The van der Waals surface area contributed by atoms with Crippen LogP contribution in [0.2, 0.25) is 0 Å². The number of rotatable bonds is 6. The third-order valence-electron chi connectivity index (χ3n) is 5.03. The van der Waals surface area contributed by atoms with Crippen molar-refractivity contribution in [2.75, 3.05) is 32.6 Å². The van der Waals surface area contributed by atoms with Gasteiger partial charge in [0.1, 0.15) is 11.4 Å². The van der Waals surface area contributed by atoms with Crippen LogP contribution in [0.5, 0.6) is 0 Å². The molecule has 0 aromatic heterocycles. The number of halogens is 1. The van der Waals surface area contributed by atoms with E-state index in [1.165, 1.54) is 42.3 Å². The molecule has 2 N–H and O–H groups in total. The minimum atomic E-state index is -1.00. The number of carbonyl (C=O) groups is 1. The third-order valence-corrected chi connectivity index (χ3v) is 5.98. The summed E-state index contributed by atoms with van der Waals surface area (Å²) >= 11 is 1.39. The van der Waals surface area contributed by atoms with Gasteiger partial charge in [-0.1, -0.05) is 23.7 Å². The highest BCUT2D eigenvalue weighted by molar-refractivity contribution is 8.13. The number of hydrogen-bond donors (Lipinski definition) is 1. The predicted octanol–water partition coefficient (Wildman–Crippen LogP) is 2.35. The zero-order chi connectivity index (χ0) is 22.4. The second-order valence-electron chi connectivity index (χ2n) is 6.87. The van der Waals surface area contributed by atoms with Crippen LogP contribution >= 0.6 is 11.8 Å². The Labute approximate surface area is 184 Å². The topological polar surface area (TPSA) is 102 Å². The molecule has 1 saturated heterocycles. The molecule has 2 aliphatic rings. The monoisotopic (exact) mass is 443 g/mol. The summed E-state index contributed by atoms with van der Waals surface area (Å²) in [6, 6.07) is 4.57. The lowest BCUT2D eigenvalue weighted by Crippen LogP contribution is -2.41. The van der Waals surface area contributed by atoms with Crippen LogP contribution in [0, 0.1) is 24.1 Å². The fraction of sp³-hybridized carbons (Fsp3) is 0.333. The highest BCUT2D eigenvalue weighted by Gasteiger charge is 2.52. The summed E-state index contributed by atoms with van der Waals surface area (Å²) in [7, 11) is 1.31. The van der Waals surface area contributed by atoms with Crippen molar-refractivity contribution < 1.29 is 18.7 Å². The van der Waals surface area contributed by atoms with E-state index in [9.17, 15) is 4.79 Å². The molecule has 8 nitrogen and oxygen atoms in total. The Kier molecular flexibility index (Phi) is 6.97. The standard InChI is InChI=1S/C21H22FN5O3S/c1-4-7-30-18(10-24-2)25-9-14-5-6-17(22)16(8-14)21-13-27(20(28)29-3)11-15(21)12-31-19(23)26-21/h1,5-6,8-10,15H,2,7,11-13H2,3H3,(H2,23,26)/b18-10+,25-9?/t15-,21-/m0/s1. The van der Waals surface area contributed by atoms with Crippen LogP contribution in [-0.4, -0.2) is 61.7 Å². The number of hydrogen-bond acceptors (Lipinski definition) is 8. The average molecular weight is 444 g/mol. The van der Waals surface area contributed by atoms with Crippen molar-refractivity contribution in [2.45, 2.75) is 5.54 Å². The summed E-state index contributed by atoms with van der Waals surface area (Å²) in [5.74, 6) is 2.56. The first-order chi connectivity index (χ1) is 14.9. The zero-order valence-corrected chi connectivity index (χ0v) is 17.8. The SMILES string of the molecule is C#CCO/C(=C/N=C)N=Cc1ccc(F)c([C@]23CN(C(=O)OC)C[C@H]2CSC(N)=N3)c1. The molecule has 2 heterocycles. The zero-order valence-electron chi connectivity index (χ0n) is 17.0. The summed E-state index contributed by atoms with van der Waals surface area (Å²) in [5.41, 5.74) is 5.95. The normalized spacial score (nSPS) is 23.1. The van der Waals surface area contributed by atoms with E-state index >= 15 is 4.39 Å². The van der Waals surface area contributed by atoms with Gasteiger partial charge in [-0.15, -0.1) is 6.42 Å². The number of benzene rings is 1. The number of ether oxygens (including phenoxy) is 2. The van der Waals surface area contributed by atoms with Gasteiger partial charge in [0, 0.05) is 30.0 Å². The Bertz CT molecular complexity index is 1000. The molecule has 1 aromatic carbocycles. The molecule has 10 heteroatoms. The molecule has 1 aromatic rings. The summed E-state index contributed by atoms with van der Waals surface area (Å²) in [5, 5.41) is 0.353. The highest BCUT2D eigenvalue weighted by Crippen LogP contribution is 2.46. The maximum atomic E-state index is 15.0. The second kappa shape index (κ2) is 9.66. The lowest BCUT2D eigenvalue weighted by molar-refractivity contribution is 0.130. The molecule has 2 aliphatic heterocycles. The number of terminal acetylenes is 1. The van der Waals surface area contributed by atoms with Gasteiger partial charge in [0.05, 0.1) is 19.9 Å². The van der Waals surface area contributed by atoms with E-state index in [0.29, 0.717) is 28.6 Å². The van der Waals surface area contributed by atoms with Crippen molar-refractivity contribution in [3.05, 3.63) is 47.2 Å². The van der Waals surface area contributed by atoms with E-state index in [1.807, 2.05) is 0 Å². The molecule has 0 unspecified atom stereocenters. The van der Waals surface area contributed by atoms with Gasteiger partial charge in [0.25, 0.3) is 0 Å². The number of carbonyl (C=O) groups excluding carboxylic acids is 1. The highest BCUT2D eigenvalue weighted by atomic mass is 32.2. The third kappa shape index (κ3) is 4.72. The Morgan fingerprint density at radius 3 is 3.13 bits per heavy atom. The van der Waals surface area contributed by atoms with Crippen LogP contribution < -0.4 is 5.73 Å². The maximum absolute atomic E-state index is 15.0. The Balaban J connectivity index is 1.99. The van der Waals surface area contributed by atoms with Crippen LogP contribution in [0.4, 0.5) is 9.18 Å². The summed E-state index contributed by atoms with van der Waals surface area (Å²) in [6.07, 6.45) is 7.54. The van der Waals surface area contributed by atoms with Gasteiger partial charge >= 0.3 is 6.09 Å². The number of methoxy groups -OCH3 is 1. The molecule has 1 amide bonds. The number of amidine groups is 1. The molecular formula is C21H22FN5O3S. The van der Waals surface area contributed by atoms with Crippen molar-refractivity contribution in [1.82, 2.24) is 4.90 Å². The number of aliphatic imine (C=N–C) groups is 3. The number of nitrogens with zero attached hydrogens (tertiary/aromatic N) is 4. The maximum Gasteiger partial charge on any atom is 0.409 e. The van der Waals surface area contributed by atoms with Gasteiger partial charge in [-0.05, 0) is 24.4 Å². The number of likely N-dealkylation sites (tertiary alicyclic amines) is 1. The van der Waals surface area contributed by atoms with Crippen LogP contribution in [0.3, 0.4) is 0 Å². The molecule has 0 bridgehead atoms. The molecule has 2 atom stereocenters. The van der Waals surface area contributed by atoms with Crippen molar-refractivity contribution in [1.29, 1.82) is 0 Å². The molecule has 31 heavy (non-hydrogen) atoms. The van der Waals surface area contributed by atoms with E-state index in [1.54, 1.807) is 12.1 Å². The van der Waals surface area contributed by atoms with Crippen molar-refractivity contribution in [3.63, 3.8) is 0 Å². The van der Waals surface area contributed by atoms with E-state index < -0.39 is 17.4 Å². The van der Waals surface area contributed by atoms with E-state index in [2.05, 4.69) is 27.6 Å². The van der Waals surface area contributed by atoms with Gasteiger partial charge in [-0.2, -0.15) is 0 Å². The predicted molar refractivity (Wildman–Crippen MR) is 120 cm³/mol. The molecule has 0 spiro atoms. The molecule has 0 radical (unpaired) electrons. The molecule has 1 fully saturated rings. The van der Waals surface area contributed by atoms with Crippen LogP contribution in [0.15, 0.2) is 45.3 Å². The quantitative estimate of drug-likeness (QED) is 0.413. The number of fused-ring (bicyclic) bond motifs is 1. The summed E-state index contributed by atoms with van der Waals surface area (Å²) in [4.78, 5) is 26.1. The first kappa shape index (κ1) is 22.4. The Hall–Kier alpha value is -3.32. The van der Waals surface area contributed by atoms with Crippen molar-refractivity contribution in [2.24, 2.45) is 26.6 Å². The van der Waals surface area contributed by atoms with Crippen molar-refractivity contribution in [3.8, 4) is 12.3 Å². The second-order valence-corrected chi connectivity index (χ2v) is 7.91. The minimum Gasteiger partial charge on any atom is -0.463 e. The number of thioether (sulfide) groups is 1. The van der Waals surface area contributed by atoms with E-state index in [0.717, 1.165) is 0 Å². The van der Waals surface area contributed by atoms with Gasteiger partial charge in [-0.25, -0.2) is 19.2 Å². The minimum absolute atomic E-state index is 0.0210. The van der Waals surface area contributed by atoms with Gasteiger partial charge in [-0.3, -0.25) is 4.99 Å². The lowest BCUT2D eigenvalue weighted by atomic mass is 9.81. The van der Waals surface area contributed by atoms with Gasteiger partial charge < -0.3 is 20.1 Å². The van der Waals surface area contributed by atoms with E-state index in [4.69, 9.17) is 21.6 Å². The average Bonchev–Trinajstić information content (AvgIpc) is 3.15. The van der Waals surface area contributed by atoms with Gasteiger partial charge in [0.2, 0.25) is 5.88 Å². The first-order valence-electron chi connectivity index (χ1n) is 9.31. The molecule has 0 saturated carbocycles. The van der Waals surface area contributed by atoms with Gasteiger partial charge in [0.15, 0.2) is 11.8 Å². The fourth-order valence-corrected chi connectivity index (χ4v) is 4.64.